The Labute approximate surface area is 149 Å². The van der Waals surface area contributed by atoms with Gasteiger partial charge in [-0.15, -0.1) is 10.2 Å². The average Bonchev–Trinajstić information content (AvgIpc) is 3.27. The first-order valence-corrected chi connectivity index (χ1v) is 9.51. The van der Waals surface area contributed by atoms with Crippen molar-refractivity contribution in [3.05, 3.63) is 12.2 Å². The monoisotopic (exact) mass is 347 g/mol. The number of nitrogens with zero attached hydrogens (tertiary/aromatic N) is 5. The Morgan fingerprint density at radius 1 is 1.32 bits per heavy atom. The molecule has 2 amide bonds. The first kappa shape index (κ1) is 17.9. The molecule has 2 fully saturated rings. The summed E-state index contributed by atoms with van der Waals surface area (Å²) in [6.45, 7) is 4.01. The van der Waals surface area contributed by atoms with Crippen LogP contribution >= 0.6 is 0 Å². The molecule has 0 radical (unpaired) electrons. The molecule has 1 aliphatic heterocycles. The van der Waals surface area contributed by atoms with Gasteiger partial charge in [0.1, 0.15) is 6.33 Å². The lowest BCUT2D eigenvalue weighted by Gasteiger charge is -2.37. The lowest BCUT2D eigenvalue weighted by Crippen LogP contribution is -2.49. The molecule has 1 aromatic rings. The minimum atomic E-state index is -0.0918. The fourth-order valence-electron chi connectivity index (χ4n) is 4.07. The van der Waals surface area contributed by atoms with Crippen LogP contribution in [-0.2, 0) is 22.7 Å². The summed E-state index contributed by atoms with van der Waals surface area (Å²) < 4.78 is 2.00. The highest BCUT2D eigenvalue weighted by molar-refractivity contribution is 5.84. The number of aromatic nitrogens is 3. The Hall–Kier alpha value is -1.92. The van der Waals surface area contributed by atoms with Crippen molar-refractivity contribution in [2.75, 3.05) is 13.6 Å². The molecule has 7 heteroatoms. The molecule has 7 nitrogen and oxygen atoms in total. The molecule has 0 N–H and O–H groups in total. The van der Waals surface area contributed by atoms with Gasteiger partial charge in [0.25, 0.3) is 0 Å². The summed E-state index contributed by atoms with van der Waals surface area (Å²) in [6, 6.07) is 0.348. The van der Waals surface area contributed by atoms with Gasteiger partial charge in [0.2, 0.25) is 11.8 Å². The molecule has 25 heavy (non-hydrogen) atoms. The van der Waals surface area contributed by atoms with E-state index in [0.29, 0.717) is 32.0 Å². The van der Waals surface area contributed by atoms with Crippen molar-refractivity contribution in [3.8, 4) is 0 Å². The topological polar surface area (TPSA) is 71.3 Å². The molecule has 0 aromatic carbocycles. The third kappa shape index (κ3) is 4.02. The maximum absolute atomic E-state index is 12.9. The summed E-state index contributed by atoms with van der Waals surface area (Å²) >= 11 is 0. The van der Waals surface area contributed by atoms with Crippen LogP contribution in [0.25, 0.3) is 0 Å². The third-order valence-corrected chi connectivity index (χ3v) is 5.47. The fourth-order valence-corrected chi connectivity index (χ4v) is 4.07. The van der Waals surface area contributed by atoms with Crippen LogP contribution in [0, 0.1) is 5.92 Å². The van der Waals surface area contributed by atoms with Crippen LogP contribution < -0.4 is 0 Å². The first-order chi connectivity index (χ1) is 12.1. The van der Waals surface area contributed by atoms with Crippen molar-refractivity contribution < 1.29 is 9.59 Å². The van der Waals surface area contributed by atoms with Crippen LogP contribution in [0.1, 0.15) is 57.7 Å². The van der Waals surface area contributed by atoms with Gasteiger partial charge in [0.05, 0.1) is 12.5 Å². The zero-order valence-corrected chi connectivity index (χ0v) is 15.4. The highest BCUT2D eigenvalue weighted by Gasteiger charge is 2.36. The van der Waals surface area contributed by atoms with Gasteiger partial charge < -0.3 is 14.4 Å². The molecule has 138 valence electrons. The molecule has 0 spiro atoms. The zero-order chi connectivity index (χ0) is 17.8. The number of carbonyl (C=O) groups is 2. The maximum Gasteiger partial charge on any atom is 0.227 e. The van der Waals surface area contributed by atoms with Crippen molar-refractivity contribution in [2.24, 2.45) is 5.92 Å². The van der Waals surface area contributed by atoms with Gasteiger partial charge in [-0.05, 0) is 25.7 Å². The number of amides is 2. The van der Waals surface area contributed by atoms with Gasteiger partial charge in [-0.1, -0.05) is 19.8 Å². The van der Waals surface area contributed by atoms with E-state index in [2.05, 4.69) is 17.1 Å². The summed E-state index contributed by atoms with van der Waals surface area (Å²) in [6.07, 6.45) is 8.44. The Morgan fingerprint density at radius 2 is 2.08 bits per heavy atom. The smallest absolute Gasteiger partial charge is 0.227 e. The van der Waals surface area contributed by atoms with Gasteiger partial charge in [0, 0.05) is 32.6 Å². The Kier molecular flexibility index (Phi) is 5.71. The summed E-state index contributed by atoms with van der Waals surface area (Å²) in [5.41, 5.74) is 0. The van der Waals surface area contributed by atoms with Crippen LogP contribution in [0.4, 0.5) is 0 Å². The van der Waals surface area contributed by atoms with E-state index in [1.54, 1.807) is 11.2 Å². The van der Waals surface area contributed by atoms with Crippen molar-refractivity contribution in [1.29, 1.82) is 0 Å². The van der Waals surface area contributed by atoms with Crippen molar-refractivity contribution in [2.45, 2.75) is 71.0 Å². The molecule has 0 bridgehead atoms. The van der Waals surface area contributed by atoms with E-state index in [1.807, 2.05) is 16.5 Å². The zero-order valence-electron chi connectivity index (χ0n) is 15.4. The van der Waals surface area contributed by atoms with Gasteiger partial charge in [-0.3, -0.25) is 9.59 Å². The van der Waals surface area contributed by atoms with Crippen LogP contribution in [0.2, 0.25) is 0 Å². The van der Waals surface area contributed by atoms with Crippen molar-refractivity contribution >= 4 is 11.8 Å². The number of aryl methyl sites for hydroxylation is 1. The van der Waals surface area contributed by atoms with Gasteiger partial charge in [-0.2, -0.15) is 0 Å². The summed E-state index contributed by atoms with van der Waals surface area (Å²) in [5.74, 6) is 1.06. The molecule has 2 aliphatic rings. The number of piperidine rings is 1. The standard InChI is InChI=1S/C18H29N5O2/c1-3-10-22-13-19-20-16(22)12-21(2)18(25)14-8-9-17(24)23(11-14)15-6-4-5-7-15/h13-15H,3-12H2,1-2H3/t14-/m1/s1. The molecule has 2 heterocycles. The maximum atomic E-state index is 12.9. The van der Waals surface area contributed by atoms with E-state index in [1.165, 1.54) is 12.8 Å². The van der Waals surface area contributed by atoms with E-state index in [4.69, 9.17) is 0 Å². The predicted molar refractivity (Wildman–Crippen MR) is 93.5 cm³/mol. The molecule has 1 saturated heterocycles. The number of hydrogen-bond donors (Lipinski definition) is 0. The Morgan fingerprint density at radius 3 is 2.80 bits per heavy atom. The second-order valence-corrected chi connectivity index (χ2v) is 7.35. The second-order valence-electron chi connectivity index (χ2n) is 7.35. The lowest BCUT2D eigenvalue weighted by atomic mass is 9.94. The summed E-state index contributed by atoms with van der Waals surface area (Å²) in [4.78, 5) is 28.9. The Balaban J connectivity index is 1.61. The van der Waals surface area contributed by atoms with Crippen molar-refractivity contribution in [1.82, 2.24) is 24.6 Å². The summed E-state index contributed by atoms with van der Waals surface area (Å²) in [7, 11) is 1.82. The number of likely N-dealkylation sites (tertiary alicyclic amines) is 1. The molecule has 1 atom stereocenters. The van der Waals surface area contributed by atoms with Crippen molar-refractivity contribution in [3.63, 3.8) is 0 Å². The minimum Gasteiger partial charge on any atom is -0.339 e. The predicted octanol–water partition coefficient (Wildman–Crippen LogP) is 1.83. The fraction of sp³-hybridized carbons (Fsp3) is 0.778. The van der Waals surface area contributed by atoms with Gasteiger partial charge in [0.15, 0.2) is 5.82 Å². The van der Waals surface area contributed by atoms with Gasteiger partial charge in [-0.25, -0.2) is 0 Å². The normalized spacial score (nSPS) is 21.8. The first-order valence-electron chi connectivity index (χ1n) is 9.51. The van der Waals surface area contributed by atoms with Crippen LogP contribution in [-0.4, -0.2) is 56.0 Å². The van der Waals surface area contributed by atoms with Crippen LogP contribution in [0.5, 0.6) is 0 Å². The highest BCUT2D eigenvalue weighted by Crippen LogP contribution is 2.29. The molecule has 1 saturated carbocycles. The molecule has 1 aliphatic carbocycles. The lowest BCUT2D eigenvalue weighted by molar-refractivity contribution is -0.144. The van der Waals surface area contributed by atoms with Gasteiger partial charge >= 0.3 is 0 Å². The molecular formula is C18H29N5O2. The van der Waals surface area contributed by atoms with E-state index < -0.39 is 0 Å². The minimum absolute atomic E-state index is 0.0918. The largest absolute Gasteiger partial charge is 0.339 e. The van der Waals surface area contributed by atoms with E-state index >= 15 is 0 Å². The summed E-state index contributed by atoms with van der Waals surface area (Å²) in [5, 5.41) is 8.11. The molecule has 1 aromatic heterocycles. The Bertz CT molecular complexity index is 608. The van der Waals surface area contributed by atoms with E-state index in [0.717, 1.165) is 31.6 Å². The van der Waals surface area contributed by atoms with E-state index in [9.17, 15) is 9.59 Å². The quantitative estimate of drug-likeness (QED) is 0.787. The second kappa shape index (κ2) is 7.97. The van der Waals surface area contributed by atoms with Crippen LogP contribution in [0.15, 0.2) is 6.33 Å². The number of rotatable bonds is 6. The van der Waals surface area contributed by atoms with E-state index in [-0.39, 0.29) is 17.7 Å². The third-order valence-electron chi connectivity index (χ3n) is 5.47. The van der Waals surface area contributed by atoms with Crippen LogP contribution in [0.3, 0.4) is 0 Å². The SMILES string of the molecule is CCCn1cnnc1CN(C)C(=O)[C@@H]1CCC(=O)N(C2CCCC2)C1. The molecular weight excluding hydrogens is 318 g/mol. The molecule has 0 unspecified atom stereocenters. The average molecular weight is 347 g/mol. The number of carbonyl (C=O) groups excluding carboxylic acids is 2. The highest BCUT2D eigenvalue weighted by atomic mass is 16.2. The number of hydrogen-bond acceptors (Lipinski definition) is 4. The molecule has 3 rings (SSSR count).